The van der Waals surface area contributed by atoms with Crippen molar-refractivity contribution in [2.24, 2.45) is 11.3 Å². The third-order valence-electron chi connectivity index (χ3n) is 3.75. The first-order chi connectivity index (χ1) is 7.86. The Bertz CT molecular complexity index is 442. The molecule has 0 radical (unpaired) electrons. The Labute approximate surface area is 117 Å². The molecule has 0 N–H and O–H groups in total. The summed E-state index contributed by atoms with van der Waals surface area (Å²) in [5.74, 6) is 1.45. The van der Waals surface area contributed by atoms with Crippen LogP contribution >= 0.6 is 27.5 Å². The van der Waals surface area contributed by atoms with Crippen LogP contribution in [0.2, 0.25) is 0 Å². The monoisotopic (exact) mass is 316 g/mol. The molecule has 0 bridgehead atoms. The summed E-state index contributed by atoms with van der Waals surface area (Å²) in [4.78, 5) is 0. The lowest BCUT2D eigenvalue weighted by Crippen LogP contribution is -2.02. The SMILES string of the molecule is COc1cc(C)c(Br)cc1C(Cl)C1CC1(C)C. The van der Waals surface area contributed by atoms with E-state index in [0.29, 0.717) is 11.3 Å². The maximum absolute atomic E-state index is 6.60. The van der Waals surface area contributed by atoms with Gasteiger partial charge < -0.3 is 4.74 Å². The second-order valence-electron chi connectivity index (χ2n) is 5.54. The molecule has 3 heteroatoms. The molecule has 0 amide bonds. The molecule has 0 heterocycles. The molecule has 1 nitrogen and oxygen atoms in total. The summed E-state index contributed by atoms with van der Waals surface area (Å²) in [7, 11) is 1.70. The van der Waals surface area contributed by atoms with Gasteiger partial charge >= 0.3 is 0 Å². The smallest absolute Gasteiger partial charge is 0.123 e. The molecule has 0 saturated heterocycles. The summed E-state index contributed by atoms with van der Waals surface area (Å²) in [6.07, 6.45) is 1.19. The average Bonchev–Trinajstić information content (AvgIpc) is 2.90. The summed E-state index contributed by atoms with van der Waals surface area (Å²) in [6.45, 7) is 6.59. The molecule has 1 saturated carbocycles. The van der Waals surface area contributed by atoms with E-state index in [-0.39, 0.29) is 5.38 Å². The fourth-order valence-electron chi connectivity index (χ4n) is 2.29. The highest BCUT2D eigenvalue weighted by Crippen LogP contribution is 2.61. The average molecular weight is 318 g/mol. The lowest BCUT2D eigenvalue weighted by atomic mass is 10.0. The van der Waals surface area contributed by atoms with Crippen molar-refractivity contribution < 1.29 is 4.74 Å². The molecule has 1 aromatic rings. The van der Waals surface area contributed by atoms with Crippen LogP contribution in [0.4, 0.5) is 0 Å². The van der Waals surface area contributed by atoms with E-state index in [9.17, 15) is 0 Å². The molecule has 94 valence electrons. The van der Waals surface area contributed by atoms with E-state index in [1.165, 1.54) is 12.0 Å². The minimum atomic E-state index is 0.0387. The molecule has 1 aliphatic rings. The Morgan fingerprint density at radius 1 is 1.47 bits per heavy atom. The van der Waals surface area contributed by atoms with Crippen molar-refractivity contribution in [3.63, 3.8) is 0 Å². The van der Waals surface area contributed by atoms with Crippen molar-refractivity contribution in [2.75, 3.05) is 7.11 Å². The molecule has 2 unspecified atom stereocenters. The Hall–Kier alpha value is -0.210. The minimum absolute atomic E-state index is 0.0387. The summed E-state index contributed by atoms with van der Waals surface area (Å²) < 4.78 is 6.54. The van der Waals surface area contributed by atoms with Gasteiger partial charge in [-0.1, -0.05) is 29.8 Å². The van der Waals surface area contributed by atoms with Crippen molar-refractivity contribution in [3.8, 4) is 5.75 Å². The van der Waals surface area contributed by atoms with E-state index >= 15 is 0 Å². The molecular weight excluding hydrogens is 300 g/mol. The summed E-state index contributed by atoms with van der Waals surface area (Å²) in [6, 6.07) is 4.14. The van der Waals surface area contributed by atoms with E-state index in [4.69, 9.17) is 16.3 Å². The van der Waals surface area contributed by atoms with E-state index in [1.807, 2.05) is 6.07 Å². The van der Waals surface area contributed by atoms with E-state index in [1.54, 1.807) is 7.11 Å². The fourth-order valence-corrected chi connectivity index (χ4v) is 3.25. The number of aryl methyl sites for hydroxylation is 1. The highest BCUT2D eigenvalue weighted by Gasteiger charge is 2.50. The van der Waals surface area contributed by atoms with Gasteiger partial charge in [-0.05, 0) is 42.4 Å². The molecule has 2 atom stereocenters. The third kappa shape index (κ3) is 2.48. The van der Waals surface area contributed by atoms with Gasteiger partial charge in [0.2, 0.25) is 0 Å². The van der Waals surface area contributed by atoms with Gasteiger partial charge in [0.25, 0.3) is 0 Å². The number of benzene rings is 1. The topological polar surface area (TPSA) is 9.23 Å². The number of alkyl halides is 1. The van der Waals surface area contributed by atoms with Crippen molar-refractivity contribution >= 4 is 27.5 Å². The molecule has 1 fully saturated rings. The van der Waals surface area contributed by atoms with Crippen LogP contribution < -0.4 is 4.74 Å². The van der Waals surface area contributed by atoms with Gasteiger partial charge in [-0.25, -0.2) is 0 Å². The normalized spacial score (nSPS) is 23.3. The highest BCUT2D eigenvalue weighted by molar-refractivity contribution is 9.10. The van der Waals surface area contributed by atoms with Gasteiger partial charge in [-0.3, -0.25) is 0 Å². The number of hydrogen-bond donors (Lipinski definition) is 0. The van der Waals surface area contributed by atoms with E-state index in [0.717, 1.165) is 15.8 Å². The molecule has 0 spiro atoms. The maximum Gasteiger partial charge on any atom is 0.123 e. The molecule has 1 aromatic carbocycles. The van der Waals surface area contributed by atoms with Crippen LogP contribution in [0.1, 0.15) is 36.8 Å². The zero-order chi connectivity index (χ0) is 12.8. The first kappa shape index (κ1) is 13.2. The number of rotatable bonds is 3. The van der Waals surface area contributed by atoms with E-state index in [2.05, 4.69) is 42.8 Å². The van der Waals surface area contributed by atoms with E-state index < -0.39 is 0 Å². The van der Waals surface area contributed by atoms with Gasteiger partial charge in [-0.15, -0.1) is 11.6 Å². The Balaban J connectivity index is 2.34. The van der Waals surface area contributed by atoms with Gasteiger partial charge in [-0.2, -0.15) is 0 Å². The largest absolute Gasteiger partial charge is 0.496 e. The summed E-state index contributed by atoms with van der Waals surface area (Å²) >= 11 is 10.2. The Morgan fingerprint density at radius 3 is 2.53 bits per heavy atom. The molecule has 0 aliphatic heterocycles. The van der Waals surface area contributed by atoms with Crippen molar-refractivity contribution in [3.05, 3.63) is 27.7 Å². The van der Waals surface area contributed by atoms with Crippen LogP contribution in [0.3, 0.4) is 0 Å². The first-order valence-electron chi connectivity index (χ1n) is 5.85. The van der Waals surface area contributed by atoms with Gasteiger partial charge in [0.05, 0.1) is 12.5 Å². The highest BCUT2D eigenvalue weighted by atomic mass is 79.9. The van der Waals surface area contributed by atoms with Gasteiger partial charge in [0, 0.05) is 10.0 Å². The lowest BCUT2D eigenvalue weighted by Gasteiger charge is -2.17. The number of hydrogen-bond acceptors (Lipinski definition) is 1. The maximum atomic E-state index is 6.60. The number of halogens is 2. The standard InChI is InChI=1S/C14H18BrClO/c1-8-5-12(17-4)9(6-11(8)15)13(16)10-7-14(10,2)3/h5-6,10,13H,7H2,1-4H3. The molecule has 0 aromatic heterocycles. The van der Waals surface area contributed by atoms with Crippen LogP contribution in [-0.4, -0.2) is 7.11 Å². The molecule has 2 rings (SSSR count). The predicted molar refractivity (Wildman–Crippen MR) is 75.9 cm³/mol. The fraction of sp³-hybridized carbons (Fsp3) is 0.571. The van der Waals surface area contributed by atoms with Crippen LogP contribution in [0.15, 0.2) is 16.6 Å². The van der Waals surface area contributed by atoms with Crippen LogP contribution in [0, 0.1) is 18.3 Å². The van der Waals surface area contributed by atoms with Crippen LogP contribution in [0.5, 0.6) is 5.75 Å². The van der Waals surface area contributed by atoms with Gasteiger partial charge in [0.15, 0.2) is 0 Å². The zero-order valence-electron chi connectivity index (χ0n) is 10.7. The molecule has 17 heavy (non-hydrogen) atoms. The lowest BCUT2D eigenvalue weighted by molar-refractivity contribution is 0.405. The summed E-state index contributed by atoms with van der Waals surface area (Å²) in [5.41, 5.74) is 2.64. The van der Waals surface area contributed by atoms with Gasteiger partial charge in [0.1, 0.15) is 5.75 Å². The Morgan fingerprint density at radius 2 is 2.06 bits per heavy atom. The minimum Gasteiger partial charge on any atom is -0.496 e. The Kier molecular flexibility index (Phi) is 3.48. The molecule has 1 aliphatic carbocycles. The summed E-state index contributed by atoms with van der Waals surface area (Å²) in [5, 5.41) is 0.0387. The predicted octanol–water partition coefficient (Wildman–Crippen LogP) is 5.09. The second kappa shape index (κ2) is 4.47. The van der Waals surface area contributed by atoms with Crippen LogP contribution in [-0.2, 0) is 0 Å². The second-order valence-corrected chi connectivity index (χ2v) is 6.87. The first-order valence-corrected chi connectivity index (χ1v) is 7.08. The van der Waals surface area contributed by atoms with Crippen molar-refractivity contribution in [1.29, 1.82) is 0 Å². The zero-order valence-corrected chi connectivity index (χ0v) is 13.0. The number of methoxy groups -OCH3 is 1. The third-order valence-corrected chi connectivity index (χ3v) is 5.14. The van der Waals surface area contributed by atoms with Crippen molar-refractivity contribution in [2.45, 2.75) is 32.6 Å². The molecular formula is C14H18BrClO. The quantitative estimate of drug-likeness (QED) is 0.705. The van der Waals surface area contributed by atoms with Crippen molar-refractivity contribution in [1.82, 2.24) is 0 Å². The van der Waals surface area contributed by atoms with Crippen LogP contribution in [0.25, 0.3) is 0 Å². The number of ether oxygens (including phenoxy) is 1.